The average molecular weight is 384 g/mol. The fourth-order valence-corrected chi connectivity index (χ4v) is 2.59. The number of benzene rings is 1. The maximum Gasteiger partial charge on any atom is 0.338 e. The van der Waals surface area contributed by atoms with Crippen LogP contribution in [0.3, 0.4) is 0 Å². The summed E-state index contributed by atoms with van der Waals surface area (Å²) in [5, 5.41) is 4.57. The van der Waals surface area contributed by atoms with Gasteiger partial charge in [0.25, 0.3) is 5.91 Å². The van der Waals surface area contributed by atoms with E-state index in [0.717, 1.165) is 12.7 Å². The van der Waals surface area contributed by atoms with Gasteiger partial charge in [-0.3, -0.25) is 10.1 Å². The van der Waals surface area contributed by atoms with E-state index in [1.807, 2.05) is 19.2 Å². The Morgan fingerprint density at radius 3 is 2.42 bits per heavy atom. The minimum atomic E-state index is -3.48. The van der Waals surface area contributed by atoms with Gasteiger partial charge in [0.05, 0.1) is 10.5 Å². The second-order valence-corrected chi connectivity index (χ2v) is 8.33. The first-order valence-corrected chi connectivity index (χ1v) is 9.95. The summed E-state index contributed by atoms with van der Waals surface area (Å²) in [6.07, 6.45) is 1.80. The highest BCUT2D eigenvalue weighted by atomic mass is 32.2. The third-order valence-corrected chi connectivity index (χ3v) is 4.56. The van der Waals surface area contributed by atoms with E-state index in [4.69, 9.17) is 4.74 Å². The van der Waals surface area contributed by atoms with E-state index >= 15 is 0 Å². The van der Waals surface area contributed by atoms with Gasteiger partial charge in [0.2, 0.25) is 0 Å². The number of rotatable bonds is 7. The molecule has 26 heavy (non-hydrogen) atoms. The van der Waals surface area contributed by atoms with Crippen molar-refractivity contribution in [1.82, 2.24) is 10.6 Å². The molecule has 1 aromatic carbocycles. The van der Waals surface area contributed by atoms with Crippen molar-refractivity contribution in [2.45, 2.75) is 32.1 Å². The summed E-state index contributed by atoms with van der Waals surface area (Å²) in [6, 6.07) is 3.40. The molecule has 0 unspecified atom stereocenters. The van der Waals surface area contributed by atoms with Crippen LogP contribution in [0.5, 0.6) is 0 Å². The fourth-order valence-electron chi connectivity index (χ4n) is 1.94. The zero-order valence-electron chi connectivity index (χ0n) is 15.3. The number of aryl methyl sites for hydroxylation is 1. The molecular weight excluding hydrogens is 360 g/mol. The van der Waals surface area contributed by atoms with E-state index in [0.29, 0.717) is 18.0 Å². The summed E-state index contributed by atoms with van der Waals surface area (Å²) >= 11 is 0. The number of esters is 1. The lowest BCUT2D eigenvalue weighted by atomic mass is 10.1. The van der Waals surface area contributed by atoms with Crippen molar-refractivity contribution in [3.63, 3.8) is 0 Å². The number of imide groups is 1. The molecule has 9 heteroatoms. The zero-order valence-corrected chi connectivity index (χ0v) is 16.1. The normalized spacial score (nSPS) is 11.1. The molecule has 0 aromatic heterocycles. The van der Waals surface area contributed by atoms with Crippen LogP contribution in [0, 0.1) is 12.8 Å². The Balaban J connectivity index is 2.59. The Hall–Kier alpha value is -2.42. The van der Waals surface area contributed by atoms with E-state index in [1.165, 1.54) is 18.2 Å². The van der Waals surface area contributed by atoms with Gasteiger partial charge in [-0.15, -0.1) is 0 Å². The van der Waals surface area contributed by atoms with Crippen LogP contribution in [0.25, 0.3) is 0 Å². The summed E-state index contributed by atoms with van der Waals surface area (Å²) in [6.45, 7) is 5.40. The maximum absolute atomic E-state index is 12.1. The molecule has 0 atom stereocenters. The first-order valence-electron chi connectivity index (χ1n) is 8.06. The van der Waals surface area contributed by atoms with Gasteiger partial charge in [-0.05, 0) is 37.0 Å². The molecule has 0 aliphatic carbocycles. The van der Waals surface area contributed by atoms with Crippen molar-refractivity contribution in [2.24, 2.45) is 5.92 Å². The van der Waals surface area contributed by atoms with E-state index in [1.54, 1.807) is 6.92 Å². The fraction of sp³-hybridized carbons (Fsp3) is 0.471. The lowest BCUT2D eigenvalue weighted by Crippen LogP contribution is -2.42. The van der Waals surface area contributed by atoms with Crippen molar-refractivity contribution in [1.29, 1.82) is 0 Å². The summed E-state index contributed by atoms with van der Waals surface area (Å²) in [5.41, 5.74) is 0.552. The molecule has 0 saturated heterocycles. The average Bonchev–Trinajstić information content (AvgIpc) is 2.51. The zero-order chi connectivity index (χ0) is 19.9. The van der Waals surface area contributed by atoms with Crippen LogP contribution in [-0.4, -0.2) is 45.7 Å². The standard InChI is InChI=1S/C17H24N2O6S/c1-11(2)7-8-18-17(22)19-15(20)10-25-16(21)14-9-13(26(4,23)24)6-5-12(14)3/h5-6,9,11H,7-8,10H2,1-4H3,(H2,18,19,20,22). The molecule has 1 rings (SSSR count). The van der Waals surface area contributed by atoms with Crippen LogP contribution in [0.1, 0.15) is 36.2 Å². The molecule has 0 heterocycles. The number of urea groups is 1. The summed E-state index contributed by atoms with van der Waals surface area (Å²) in [4.78, 5) is 35.2. The van der Waals surface area contributed by atoms with Crippen LogP contribution < -0.4 is 10.6 Å². The minimum Gasteiger partial charge on any atom is -0.452 e. The van der Waals surface area contributed by atoms with Crippen molar-refractivity contribution < 1.29 is 27.5 Å². The second-order valence-electron chi connectivity index (χ2n) is 6.31. The Morgan fingerprint density at radius 1 is 1.19 bits per heavy atom. The lowest BCUT2D eigenvalue weighted by Gasteiger charge is -2.10. The van der Waals surface area contributed by atoms with Crippen molar-refractivity contribution >= 4 is 27.7 Å². The predicted octanol–water partition coefficient (Wildman–Crippen LogP) is 1.43. The Morgan fingerprint density at radius 2 is 1.85 bits per heavy atom. The molecule has 0 aliphatic heterocycles. The summed E-state index contributed by atoms with van der Waals surface area (Å²) < 4.78 is 28.0. The Labute approximate surface area is 153 Å². The Bertz CT molecular complexity index is 786. The highest BCUT2D eigenvalue weighted by molar-refractivity contribution is 7.90. The largest absolute Gasteiger partial charge is 0.452 e. The number of amides is 3. The molecule has 0 bridgehead atoms. The molecular formula is C17H24N2O6S. The molecule has 144 valence electrons. The summed E-state index contributed by atoms with van der Waals surface area (Å²) in [5.74, 6) is -1.21. The molecule has 0 saturated carbocycles. The maximum atomic E-state index is 12.1. The molecule has 8 nitrogen and oxygen atoms in total. The highest BCUT2D eigenvalue weighted by Gasteiger charge is 2.17. The van der Waals surface area contributed by atoms with Crippen molar-refractivity contribution in [3.8, 4) is 0 Å². The van der Waals surface area contributed by atoms with Crippen LogP contribution in [-0.2, 0) is 19.4 Å². The van der Waals surface area contributed by atoms with E-state index in [2.05, 4.69) is 5.32 Å². The number of sulfone groups is 1. The number of ether oxygens (including phenoxy) is 1. The number of nitrogens with one attached hydrogen (secondary N) is 2. The molecule has 2 N–H and O–H groups in total. The third kappa shape index (κ3) is 7.22. The molecule has 0 aliphatic rings. The van der Waals surface area contributed by atoms with E-state index in [-0.39, 0.29) is 10.5 Å². The second kappa shape index (κ2) is 9.33. The van der Waals surface area contributed by atoms with Gasteiger partial charge in [-0.1, -0.05) is 19.9 Å². The van der Waals surface area contributed by atoms with Crippen molar-refractivity contribution in [2.75, 3.05) is 19.4 Å². The quantitative estimate of drug-likeness (QED) is 0.687. The van der Waals surface area contributed by atoms with Gasteiger partial charge in [0.1, 0.15) is 0 Å². The van der Waals surface area contributed by atoms with Gasteiger partial charge in [0, 0.05) is 12.8 Å². The number of carbonyl (C=O) groups is 3. The number of hydrogen-bond donors (Lipinski definition) is 2. The molecule has 0 spiro atoms. The lowest BCUT2D eigenvalue weighted by molar-refractivity contribution is -0.123. The van der Waals surface area contributed by atoms with Crippen LogP contribution in [0.15, 0.2) is 23.1 Å². The highest BCUT2D eigenvalue weighted by Crippen LogP contribution is 2.16. The predicted molar refractivity (Wildman–Crippen MR) is 95.6 cm³/mol. The SMILES string of the molecule is Cc1ccc(S(C)(=O)=O)cc1C(=O)OCC(=O)NC(=O)NCCC(C)C. The minimum absolute atomic E-state index is 0.0240. The van der Waals surface area contributed by atoms with Crippen molar-refractivity contribution in [3.05, 3.63) is 29.3 Å². The first kappa shape index (κ1) is 21.6. The van der Waals surface area contributed by atoms with Gasteiger partial charge in [-0.25, -0.2) is 18.0 Å². The summed E-state index contributed by atoms with van der Waals surface area (Å²) in [7, 11) is -3.48. The number of carbonyl (C=O) groups excluding carboxylic acids is 3. The van der Waals surface area contributed by atoms with Gasteiger partial charge in [-0.2, -0.15) is 0 Å². The first-order chi connectivity index (χ1) is 12.0. The van der Waals surface area contributed by atoms with E-state index < -0.39 is 34.4 Å². The third-order valence-electron chi connectivity index (χ3n) is 3.45. The smallest absolute Gasteiger partial charge is 0.338 e. The molecule has 0 radical (unpaired) electrons. The van der Waals surface area contributed by atoms with Gasteiger partial charge in [0.15, 0.2) is 16.4 Å². The van der Waals surface area contributed by atoms with Crippen LogP contribution >= 0.6 is 0 Å². The number of hydrogen-bond acceptors (Lipinski definition) is 6. The molecule has 3 amide bonds. The van der Waals surface area contributed by atoms with Gasteiger partial charge >= 0.3 is 12.0 Å². The van der Waals surface area contributed by atoms with E-state index in [9.17, 15) is 22.8 Å². The van der Waals surface area contributed by atoms with Crippen LogP contribution in [0.2, 0.25) is 0 Å². The van der Waals surface area contributed by atoms with Gasteiger partial charge < -0.3 is 10.1 Å². The molecule has 0 fully saturated rings. The topological polar surface area (TPSA) is 119 Å². The monoisotopic (exact) mass is 384 g/mol. The molecule has 1 aromatic rings. The Kier molecular flexibility index (Phi) is 7.76. The van der Waals surface area contributed by atoms with Crippen LogP contribution in [0.4, 0.5) is 4.79 Å².